The van der Waals surface area contributed by atoms with E-state index in [9.17, 15) is 9.59 Å². The van der Waals surface area contributed by atoms with E-state index in [0.29, 0.717) is 13.0 Å². The van der Waals surface area contributed by atoms with Crippen molar-refractivity contribution in [3.8, 4) is 0 Å². The van der Waals surface area contributed by atoms with Gasteiger partial charge in [-0.2, -0.15) is 0 Å². The predicted octanol–water partition coefficient (Wildman–Crippen LogP) is 4.45. The topological polar surface area (TPSA) is 49.4 Å². The fourth-order valence-corrected chi connectivity index (χ4v) is 3.69. The summed E-state index contributed by atoms with van der Waals surface area (Å²) in [5, 5.41) is 3.12. The van der Waals surface area contributed by atoms with Gasteiger partial charge in [0.05, 0.1) is 12.6 Å². The molecule has 1 aliphatic heterocycles. The Hall–Kier alpha value is -2.14. The zero-order chi connectivity index (χ0) is 19.1. The average molecular weight is 429 g/mol. The number of nitrogens with zero attached hydrogens (tertiary/aromatic N) is 1. The second kappa shape index (κ2) is 9.70. The normalized spacial score (nSPS) is 16.3. The molecule has 1 unspecified atom stereocenters. The van der Waals surface area contributed by atoms with Crippen molar-refractivity contribution in [2.24, 2.45) is 0 Å². The largest absolute Gasteiger partial charge is 0.344 e. The van der Waals surface area contributed by atoms with Gasteiger partial charge in [0.2, 0.25) is 11.8 Å². The van der Waals surface area contributed by atoms with Crippen LogP contribution >= 0.6 is 15.9 Å². The molecule has 0 saturated carbocycles. The van der Waals surface area contributed by atoms with Gasteiger partial charge >= 0.3 is 0 Å². The van der Waals surface area contributed by atoms with Gasteiger partial charge in [0.25, 0.3) is 0 Å². The molecule has 1 heterocycles. The molecule has 3 rings (SSSR count). The van der Waals surface area contributed by atoms with E-state index in [0.717, 1.165) is 41.3 Å². The minimum absolute atomic E-state index is 0.0877. The Morgan fingerprint density at radius 1 is 0.963 bits per heavy atom. The van der Waals surface area contributed by atoms with Crippen LogP contribution in [0.25, 0.3) is 0 Å². The van der Waals surface area contributed by atoms with E-state index in [1.165, 1.54) is 0 Å². The van der Waals surface area contributed by atoms with E-state index in [4.69, 9.17) is 0 Å². The second-order valence-corrected chi connectivity index (χ2v) is 7.86. The molecule has 0 aliphatic carbocycles. The van der Waals surface area contributed by atoms with Crippen LogP contribution in [0.4, 0.5) is 0 Å². The maximum Gasteiger partial charge on any atom is 0.240 e. The number of amides is 2. The molecule has 1 fully saturated rings. The van der Waals surface area contributed by atoms with E-state index < -0.39 is 0 Å². The molecule has 1 N–H and O–H groups in total. The minimum atomic E-state index is -0.239. The van der Waals surface area contributed by atoms with Gasteiger partial charge in [0.15, 0.2) is 0 Å². The summed E-state index contributed by atoms with van der Waals surface area (Å²) in [6, 6.07) is 17.6. The lowest BCUT2D eigenvalue weighted by atomic mass is 9.98. The molecular weight excluding hydrogens is 404 g/mol. The standard InChI is InChI=1S/C22H25BrN2O2/c23-19-13-11-18(12-14-19)22(17-8-4-3-5-9-17)24-20(26)16-25-15-7-2-1-6-10-21(25)27/h3-5,8-9,11-14,22H,1-2,6-7,10,15-16H2,(H,24,26). The predicted molar refractivity (Wildman–Crippen MR) is 110 cm³/mol. The molecule has 4 nitrogen and oxygen atoms in total. The third-order valence-corrected chi connectivity index (χ3v) is 5.43. The summed E-state index contributed by atoms with van der Waals surface area (Å²) in [6.07, 6.45) is 4.65. The van der Waals surface area contributed by atoms with Gasteiger partial charge in [-0.15, -0.1) is 0 Å². The fraction of sp³-hybridized carbons (Fsp3) is 0.364. The molecule has 2 aromatic rings. The monoisotopic (exact) mass is 428 g/mol. The van der Waals surface area contributed by atoms with E-state index >= 15 is 0 Å². The highest BCUT2D eigenvalue weighted by Gasteiger charge is 2.21. The fourth-order valence-electron chi connectivity index (χ4n) is 3.42. The van der Waals surface area contributed by atoms with Crippen LogP contribution in [0.2, 0.25) is 0 Å². The van der Waals surface area contributed by atoms with Crippen molar-refractivity contribution < 1.29 is 9.59 Å². The lowest BCUT2D eigenvalue weighted by molar-refractivity contribution is -0.136. The molecule has 2 aromatic carbocycles. The van der Waals surface area contributed by atoms with Crippen LogP contribution in [0.5, 0.6) is 0 Å². The number of carbonyl (C=O) groups is 2. The summed E-state index contributed by atoms with van der Waals surface area (Å²) >= 11 is 3.46. The number of likely N-dealkylation sites (tertiary alicyclic amines) is 1. The molecule has 0 bridgehead atoms. The molecule has 0 aromatic heterocycles. The van der Waals surface area contributed by atoms with Crippen molar-refractivity contribution in [3.05, 3.63) is 70.2 Å². The van der Waals surface area contributed by atoms with Crippen molar-refractivity contribution in [2.45, 2.75) is 38.1 Å². The maximum absolute atomic E-state index is 12.8. The molecule has 1 saturated heterocycles. The first kappa shape index (κ1) is 19.6. The van der Waals surface area contributed by atoms with Gasteiger partial charge in [-0.25, -0.2) is 0 Å². The van der Waals surface area contributed by atoms with E-state index in [1.807, 2.05) is 54.6 Å². The summed E-state index contributed by atoms with van der Waals surface area (Å²) in [5.41, 5.74) is 2.03. The molecule has 0 radical (unpaired) electrons. The van der Waals surface area contributed by atoms with Crippen molar-refractivity contribution in [1.82, 2.24) is 10.2 Å². The number of benzene rings is 2. The Kier molecular flexibility index (Phi) is 7.04. The van der Waals surface area contributed by atoms with E-state index in [1.54, 1.807) is 4.90 Å². The molecular formula is C22H25BrN2O2. The number of rotatable bonds is 5. The summed E-state index contributed by atoms with van der Waals surface area (Å²) in [6.45, 7) is 0.791. The van der Waals surface area contributed by atoms with Crippen LogP contribution in [0.15, 0.2) is 59.1 Å². The highest BCUT2D eigenvalue weighted by molar-refractivity contribution is 9.10. The Balaban J connectivity index is 1.74. The molecule has 5 heteroatoms. The van der Waals surface area contributed by atoms with Crippen LogP contribution in [-0.2, 0) is 9.59 Å². The average Bonchev–Trinajstić information content (AvgIpc) is 2.67. The van der Waals surface area contributed by atoms with Crippen LogP contribution < -0.4 is 5.32 Å². The second-order valence-electron chi connectivity index (χ2n) is 6.94. The Bertz CT molecular complexity index is 762. The minimum Gasteiger partial charge on any atom is -0.344 e. The zero-order valence-electron chi connectivity index (χ0n) is 15.4. The Morgan fingerprint density at radius 3 is 2.37 bits per heavy atom. The summed E-state index contributed by atoms with van der Waals surface area (Å²) in [7, 11) is 0. The molecule has 142 valence electrons. The van der Waals surface area contributed by atoms with E-state index in [2.05, 4.69) is 21.2 Å². The summed E-state index contributed by atoms with van der Waals surface area (Å²) in [5.74, 6) is -0.0366. The van der Waals surface area contributed by atoms with Crippen LogP contribution in [0.1, 0.15) is 49.3 Å². The molecule has 2 amide bonds. The SMILES string of the molecule is O=C(CN1CCCCCCC1=O)NC(c1ccccc1)c1ccc(Br)cc1. The zero-order valence-corrected chi connectivity index (χ0v) is 17.0. The van der Waals surface area contributed by atoms with Crippen molar-refractivity contribution in [2.75, 3.05) is 13.1 Å². The van der Waals surface area contributed by atoms with Crippen molar-refractivity contribution >= 4 is 27.7 Å². The summed E-state index contributed by atoms with van der Waals surface area (Å²) in [4.78, 5) is 26.8. The summed E-state index contributed by atoms with van der Waals surface area (Å²) < 4.78 is 0.996. The van der Waals surface area contributed by atoms with Gasteiger partial charge in [-0.3, -0.25) is 9.59 Å². The van der Waals surface area contributed by atoms with Crippen molar-refractivity contribution in [3.63, 3.8) is 0 Å². The smallest absolute Gasteiger partial charge is 0.240 e. The van der Waals surface area contributed by atoms with Gasteiger partial charge in [0.1, 0.15) is 0 Å². The number of hydrogen-bond donors (Lipinski definition) is 1. The van der Waals surface area contributed by atoms with Gasteiger partial charge in [-0.05, 0) is 36.1 Å². The van der Waals surface area contributed by atoms with Crippen LogP contribution in [-0.4, -0.2) is 29.8 Å². The van der Waals surface area contributed by atoms with Crippen LogP contribution in [0.3, 0.4) is 0 Å². The number of halogens is 1. The van der Waals surface area contributed by atoms with Crippen LogP contribution in [0, 0.1) is 0 Å². The molecule has 0 spiro atoms. The first-order valence-corrected chi connectivity index (χ1v) is 10.3. The quantitative estimate of drug-likeness (QED) is 0.764. The van der Waals surface area contributed by atoms with Crippen molar-refractivity contribution in [1.29, 1.82) is 0 Å². The number of nitrogens with one attached hydrogen (secondary N) is 1. The van der Waals surface area contributed by atoms with Gasteiger partial charge in [-0.1, -0.05) is 71.2 Å². The maximum atomic E-state index is 12.8. The molecule has 1 atom stereocenters. The third-order valence-electron chi connectivity index (χ3n) is 4.90. The highest BCUT2D eigenvalue weighted by Crippen LogP contribution is 2.24. The Labute approximate surface area is 169 Å². The number of carbonyl (C=O) groups excluding carboxylic acids is 2. The number of hydrogen-bond acceptors (Lipinski definition) is 2. The third kappa shape index (κ3) is 5.67. The lowest BCUT2D eigenvalue weighted by Gasteiger charge is -2.26. The first-order chi connectivity index (χ1) is 13.1. The molecule has 27 heavy (non-hydrogen) atoms. The van der Waals surface area contributed by atoms with Gasteiger partial charge < -0.3 is 10.2 Å². The lowest BCUT2D eigenvalue weighted by Crippen LogP contribution is -2.42. The van der Waals surface area contributed by atoms with Gasteiger partial charge in [0, 0.05) is 17.4 Å². The Morgan fingerprint density at radius 2 is 1.63 bits per heavy atom. The van der Waals surface area contributed by atoms with E-state index in [-0.39, 0.29) is 24.4 Å². The first-order valence-electron chi connectivity index (χ1n) is 9.51. The molecule has 1 aliphatic rings. The highest BCUT2D eigenvalue weighted by atomic mass is 79.9.